The Morgan fingerprint density at radius 2 is 2.29 bits per heavy atom. The van der Waals surface area contributed by atoms with Crippen LogP contribution in [0.25, 0.3) is 0 Å². The SMILES string of the molecule is COc1ncc(CN2C3CC2CN(SC)C3)s1. The summed E-state index contributed by atoms with van der Waals surface area (Å²) in [6.45, 7) is 3.44. The van der Waals surface area contributed by atoms with Gasteiger partial charge in [-0.1, -0.05) is 23.3 Å². The molecule has 0 aromatic carbocycles. The van der Waals surface area contributed by atoms with Gasteiger partial charge in [-0.3, -0.25) is 4.90 Å². The molecule has 0 aliphatic carbocycles. The Kier molecular flexibility index (Phi) is 3.30. The quantitative estimate of drug-likeness (QED) is 0.777. The number of ether oxygens (including phenoxy) is 1. The first kappa shape index (κ1) is 11.8. The van der Waals surface area contributed by atoms with Gasteiger partial charge in [-0.25, -0.2) is 9.29 Å². The van der Waals surface area contributed by atoms with Gasteiger partial charge in [-0.15, -0.1) is 0 Å². The van der Waals surface area contributed by atoms with Crippen molar-refractivity contribution in [2.45, 2.75) is 25.0 Å². The Morgan fingerprint density at radius 3 is 2.88 bits per heavy atom. The van der Waals surface area contributed by atoms with E-state index in [-0.39, 0.29) is 0 Å². The lowest BCUT2D eigenvalue weighted by Crippen LogP contribution is -2.66. The predicted octanol–water partition coefficient (Wildman–Crippen LogP) is 1.69. The summed E-state index contributed by atoms with van der Waals surface area (Å²) in [5.41, 5.74) is 0. The fourth-order valence-electron chi connectivity index (χ4n) is 2.69. The van der Waals surface area contributed by atoms with Gasteiger partial charge < -0.3 is 4.74 Å². The number of thiazole rings is 1. The molecule has 2 aliphatic rings. The fourth-order valence-corrected chi connectivity index (χ4v) is 4.07. The van der Waals surface area contributed by atoms with Gasteiger partial charge in [0.15, 0.2) is 0 Å². The summed E-state index contributed by atoms with van der Waals surface area (Å²) in [5, 5.41) is 0.774. The van der Waals surface area contributed by atoms with Crippen LogP contribution in [0.3, 0.4) is 0 Å². The van der Waals surface area contributed by atoms with Gasteiger partial charge in [-0.05, 0) is 12.7 Å². The third kappa shape index (κ3) is 2.19. The number of likely N-dealkylation sites (tertiary alicyclic amines) is 1. The minimum atomic E-state index is 0.745. The van der Waals surface area contributed by atoms with E-state index < -0.39 is 0 Å². The molecule has 0 spiro atoms. The number of hydrogen-bond acceptors (Lipinski definition) is 6. The number of nitrogens with zero attached hydrogens (tertiary/aromatic N) is 3. The number of piperazine rings is 1. The first-order chi connectivity index (χ1) is 8.30. The van der Waals surface area contributed by atoms with Crippen molar-refractivity contribution in [3.8, 4) is 5.19 Å². The van der Waals surface area contributed by atoms with Gasteiger partial charge in [0.05, 0.1) is 7.11 Å². The minimum absolute atomic E-state index is 0.745. The summed E-state index contributed by atoms with van der Waals surface area (Å²) < 4.78 is 7.61. The zero-order valence-electron chi connectivity index (χ0n) is 10.1. The molecule has 0 saturated carbocycles. The smallest absolute Gasteiger partial charge is 0.273 e. The number of hydrogen-bond donors (Lipinski definition) is 0. The van der Waals surface area contributed by atoms with Gasteiger partial charge in [0.1, 0.15) is 0 Å². The number of piperidine rings is 1. The van der Waals surface area contributed by atoms with E-state index in [0.717, 1.165) is 23.8 Å². The van der Waals surface area contributed by atoms with Crippen molar-refractivity contribution in [1.82, 2.24) is 14.2 Å². The maximum Gasteiger partial charge on any atom is 0.273 e. The maximum atomic E-state index is 5.13. The highest BCUT2D eigenvalue weighted by Crippen LogP contribution is 2.36. The first-order valence-corrected chi connectivity index (χ1v) is 7.83. The predicted molar refractivity (Wildman–Crippen MR) is 71.5 cm³/mol. The summed E-state index contributed by atoms with van der Waals surface area (Å²) in [5.74, 6) is 0. The van der Waals surface area contributed by atoms with Crippen molar-refractivity contribution in [1.29, 1.82) is 0 Å². The van der Waals surface area contributed by atoms with E-state index in [1.807, 2.05) is 18.1 Å². The third-order valence-corrected chi connectivity index (χ3v) is 5.37. The van der Waals surface area contributed by atoms with Crippen LogP contribution in [-0.2, 0) is 6.54 Å². The summed E-state index contributed by atoms with van der Waals surface area (Å²) in [4.78, 5) is 8.15. The highest BCUT2D eigenvalue weighted by Gasteiger charge is 2.44. The van der Waals surface area contributed by atoms with Crippen molar-refractivity contribution < 1.29 is 4.74 Å². The second kappa shape index (κ2) is 4.76. The summed E-state index contributed by atoms with van der Waals surface area (Å²) in [6.07, 6.45) is 5.49. The van der Waals surface area contributed by atoms with E-state index in [4.69, 9.17) is 4.74 Å². The van der Waals surface area contributed by atoms with E-state index >= 15 is 0 Å². The molecule has 94 valence electrons. The van der Waals surface area contributed by atoms with E-state index in [9.17, 15) is 0 Å². The highest BCUT2D eigenvalue weighted by molar-refractivity contribution is 7.96. The van der Waals surface area contributed by atoms with Crippen molar-refractivity contribution in [3.63, 3.8) is 0 Å². The monoisotopic (exact) mass is 271 g/mol. The van der Waals surface area contributed by atoms with Crippen LogP contribution in [0.15, 0.2) is 6.20 Å². The molecule has 6 heteroatoms. The Labute approximate surface area is 110 Å². The molecule has 1 aromatic heterocycles. The van der Waals surface area contributed by atoms with Crippen LogP contribution < -0.4 is 4.74 Å². The average molecular weight is 271 g/mol. The molecule has 2 bridgehead atoms. The highest BCUT2D eigenvalue weighted by atomic mass is 32.2. The Morgan fingerprint density at radius 1 is 1.53 bits per heavy atom. The molecule has 3 rings (SSSR count). The van der Waals surface area contributed by atoms with Crippen molar-refractivity contribution >= 4 is 23.3 Å². The largest absolute Gasteiger partial charge is 0.473 e. The van der Waals surface area contributed by atoms with E-state index in [0.29, 0.717) is 0 Å². The number of fused-ring (bicyclic) bond motifs is 2. The Bertz CT molecular complexity index is 386. The molecular weight excluding hydrogens is 254 g/mol. The van der Waals surface area contributed by atoms with Gasteiger partial charge in [-0.2, -0.15) is 0 Å². The Hall–Kier alpha value is -0.300. The van der Waals surface area contributed by atoms with Crippen LogP contribution in [0.5, 0.6) is 5.19 Å². The molecule has 4 nitrogen and oxygen atoms in total. The second-order valence-electron chi connectivity index (χ2n) is 4.54. The fraction of sp³-hybridized carbons (Fsp3) is 0.727. The van der Waals surface area contributed by atoms with Crippen LogP contribution in [0.2, 0.25) is 0 Å². The van der Waals surface area contributed by atoms with E-state index in [1.54, 1.807) is 18.4 Å². The zero-order valence-corrected chi connectivity index (χ0v) is 11.8. The molecule has 17 heavy (non-hydrogen) atoms. The summed E-state index contributed by atoms with van der Waals surface area (Å²) in [6, 6.07) is 1.49. The Balaban J connectivity index is 1.60. The molecule has 1 aromatic rings. The number of aromatic nitrogens is 1. The minimum Gasteiger partial charge on any atom is -0.473 e. The molecule has 0 radical (unpaired) electrons. The lowest BCUT2D eigenvalue weighted by molar-refractivity contribution is -0.0462. The molecule has 2 fully saturated rings. The zero-order chi connectivity index (χ0) is 11.8. The third-order valence-electron chi connectivity index (χ3n) is 3.61. The van der Waals surface area contributed by atoms with Crippen molar-refractivity contribution in [2.75, 3.05) is 26.5 Å². The molecule has 2 unspecified atom stereocenters. The van der Waals surface area contributed by atoms with Crippen LogP contribution in [0, 0.1) is 0 Å². The molecule has 0 amide bonds. The van der Waals surface area contributed by atoms with Crippen molar-refractivity contribution in [3.05, 3.63) is 11.1 Å². The van der Waals surface area contributed by atoms with E-state index in [1.165, 1.54) is 24.4 Å². The molecule has 2 saturated heterocycles. The topological polar surface area (TPSA) is 28.6 Å². The average Bonchev–Trinajstić information content (AvgIpc) is 2.83. The van der Waals surface area contributed by atoms with Gasteiger partial charge in [0, 0.05) is 42.8 Å². The van der Waals surface area contributed by atoms with Gasteiger partial charge >= 0.3 is 0 Å². The first-order valence-electron chi connectivity index (χ1n) is 5.83. The van der Waals surface area contributed by atoms with E-state index in [2.05, 4.69) is 20.4 Å². The van der Waals surface area contributed by atoms with Gasteiger partial charge in [0.2, 0.25) is 0 Å². The van der Waals surface area contributed by atoms with Crippen molar-refractivity contribution in [2.24, 2.45) is 0 Å². The summed E-state index contributed by atoms with van der Waals surface area (Å²) in [7, 11) is 1.68. The molecule has 2 aliphatic heterocycles. The molecule has 2 atom stereocenters. The van der Waals surface area contributed by atoms with Crippen LogP contribution in [-0.4, -0.2) is 52.7 Å². The number of methoxy groups -OCH3 is 1. The molecular formula is C11H17N3OS2. The van der Waals surface area contributed by atoms with Gasteiger partial charge in [0.25, 0.3) is 5.19 Å². The lowest BCUT2D eigenvalue weighted by Gasteiger charge is -2.55. The second-order valence-corrected chi connectivity index (χ2v) is 6.50. The van der Waals surface area contributed by atoms with Crippen LogP contribution in [0.1, 0.15) is 11.3 Å². The maximum absolute atomic E-state index is 5.13. The van der Waals surface area contributed by atoms with Crippen LogP contribution in [0.4, 0.5) is 0 Å². The molecule has 0 N–H and O–H groups in total. The number of rotatable bonds is 4. The lowest BCUT2D eigenvalue weighted by atomic mass is 9.89. The molecule has 3 heterocycles. The van der Waals surface area contributed by atoms with Crippen LogP contribution >= 0.6 is 23.3 Å². The standard InChI is InChI=1S/C11H17N3OS2/c1-15-11-12-4-10(17-11)7-14-8-3-9(14)6-13(5-8)16-2/h4,8-9H,3,5-7H2,1-2H3. The normalized spacial score (nSPS) is 29.1. The summed E-state index contributed by atoms with van der Waals surface area (Å²) >= 11 is 3.53.